The minimum absolute atomic E-state index is 0.151. The van der Waals surface area contributed by atoms with Crippen molar-refractivity contribution in [2.75, 3.05) is 7.05 Å². The molecule has 0 radical (unpaired) electrons. The van der Waals surface area contributed by atoms with Crippen LogP contribution in [0.25, 0.3) is 6.08 Å². The van der Waals surface area contributed by atoms with Crippen molar-refractivity contribution in [1.29, 1.82) is 0 Å². The fourth-order valence-electron chi connectivity index (χ4n) is 3.78. The number of aromatic nitrogens is 1. The van der Waals surface area contributed by atoms with E-state index in [0.717, 1.165) is 24.7 Å². The van der Waals surface area contributed by atoms with Gasteiger partial charge in [-0.3, -0.25) is 4.79 Å². The topological polar surface area (TPSA) is 63.1 Å². The van der Waals surface area contributed by atoms with Crippen molar-refractivity contribution in [3.63, 3.8) is 0 Å². The van der Waals surface area contributed by atoms with Crippen molar-refractivity contribution in [3.05, 3.63) is 29.1 Å². The van der Waals surface area contributed by atoms with Crippen LogP contribution in [-0.4, -0.2) is 35.9 Å². The molecule has 0 aromatic carbocycles. The lowest BCUT2D eigenvalue weighted by Crippen LogP contribution is -2.57. The Labute approximate surface area is 157 Å². The number of aldehydes is 1. The number of hydrogen-bond acceptors (Lipinski definition) is 3. The Balaban J connectivity index is 2.36. The summed E-state index contributed by atoms with van der Waals surface area (Å²) in [5.74, 6) is -0.151. The summed E-state index contributed by atoms with van der Waals surface area (Å²) in [6.45, 7) is 10.0. The number of carbonyl (C=O) groups is 2. The van der Waals surface area contributed by atoms with Crippen molar-refractivity contribution in [2.45, 2.75) is 65.0 Å². The quantitative estimate of drug-likeness (QED) is 0.768. The summed E-state index contributed by atoms with van der Waals surface area (Å²) in [4.78, 5) is 24.5. The van der Waals surface area contributed by atoms with Crippen LogP contribution in [0.5, 0.6) is 0 Å². The molecule has 0 fully saturated rings. The second kappa shape index (κ2) is 7.39. The van der Waals surface area contributed by atoms with E-state index in [0.29, 0.717) is 0 Å². The largest absolute Gasteiger partial charge is 0.354 e. The number of hydrogen-bond donors (Lipinski definition) is 2. The molecule has 0 spiro atoms. The van der Waals surface area contributed by atoms with E-state index in [1.165, 1.54) is 11.3 Å². The Kier molecular flexibility index (Phi) is 5.81. The Morgan fingerprint density at radius 1 is 1.27 bits per heavy atom. The van der Waals surface area contributed by atoms with Gasteiger partial charge < -0.3 is 20.0 Å². The van der Waals surface area contributed by atoms with Gasteiger partial charge in [0, 0.05) is 24.4 Å². The molecule has 2 rings (SSSR count). The second-order valence-corrected chi connectivity index (χ2v) is 8.89. The average Bonchev–Trinajstić information content (AvgIpc) is 2.90. The van der Waals surface area contributed by atoms with Gasteiger partial charge in [-0.1, -0.05) is 46.8 Å². The number of likely N-dealkylation sites (N-methyl/N-ethyl adjacent to an activating group) is 1. The zero-order chi connectivity index (χ0) is 19.7. The van der Waals surface area contributed by atoms with Crippen molar-refractivity contribution in [3.8, 4) is 0 Å². The third-order valence-electron chi connectivity index (χ3n) is 5.52. The van der Waals surface area contributed by atoms with Gasteiger partial charge in [-0.25, -0.2) is 0 Å². The zero-order valence-electron chi connectivity index (χ0n) is 17.1. The summed E-state index contributed by atoms with van der Waals surface area (Å²) in [5.41, 5.74) is 2.93. The SMILES string of the molecule is CN[C@H](C(=O)N[C@H](C=O)C(C)(C)C)C(C)(C)c1cn(C)c2c1C=CCC2. The first-order chi connectivity index (χ1) is 12.0. The average molecular weight is 360 g/mol. The number of rotatable bonds is 6. The normalized spacial score (nSPS) is 16.7. The molecule has 144 valence electrons. The molecular formula is C21H33N3O2. The molecule has 5 nitrogen and oxygen atoms in total. The van der Waals surface area contributed by atoms with Gasteiger partial charge in [0.2, 0.25) is 5.91 Å². The predicted octanol–water partition coefficient (Wildman–Crippen LogP) is 2.58. The van der Waals surface area contributed by atoms with Crippen LogP contribution < -0.4 is 10.6 Å². The van der Waals surface area contributed by atoms with Gasteiger partial charge in [0.05, 0.1) is 12.1 Å². The second-order valence-electron chi connectivity index (χ2n) is 8.89. The smallest absolute Gasteiger partial charge is 0.238 e. The molecule has 2 atom stereocenters. The van der Waals surface area contributed by atoms with Gasteiger partial charge in [-0.15, -0.1) is 0 Å². The molecule has 0 saturated carbocycles. The highest BCUT2D eigenvalue weighted by atomic mass is 16.2. The molecule has 1 aromatic heterocycles. The van der Waals surface area contributed by atoms with Gasteiger partial charge in [0.25, 0.3) is 0 Å². The Morgan fingerprint density at radius 3 is 2.46 bits per heavy atom. The van der Waals surface area contributed by atoms with E-state index in [-0.39, 0.29) is 11.3 Å². The van der Waals surface area contributed by atoms with Crippen molar-refractivity contribution in [1.82, 2.24) is 15.2 Å². The number of carbonyl (C=O) groups excluding carboxylic acids is 2. The lowest BCUT2D eigenvalue weighted by molar-refractivity contribution is -0.128. The Bertz CT molecular complexity index is 708. The van der Waals surface area contributed by atoms with Crippen LogP contribution in [0.1, 0.15) is 57.9 Å². The van der Waals surface area contributed by atoms with Crippen molar-refractivity contribution >= 4 is 18.3 Å². The molecule has 26 heavy (non-hydrogen) atoms. The van der Waals surface area contributed by atoms with E-state index < -0.39 is 17.5 Å². The van der Waals surface area contributed by atoms with Gasteiger partial charge in [0.1, 0.15) is 6.29 Å². The van der Waals surface area contributed by atoms with Gasteiger partial charge >= 0.3 is 0 Å². The standard InChI is InChI=1S/C21H33N3O2/c1-20(2,3)17(13-25)23-19(26)18(22-6)21(4,5)15-12-24(7)16-11-9-8-10-14(15)16/h8,10,12-13,17-18,22H,9,11H2,1-7H3,(H,23,26)/t17-,18-/m1/s1. The monoisotopic (exact) mass is 359 g/mol. The zero-order valence-corrected chi connectivity index (χ0v) is 17.1. The van der Waals surface area contributed by atoms with Gasteiger partial charge in [0.15, 0.2) is 0 Å². The lowest BCUT2D eigenvalue weighted by Gasteiger charge is -2.36. The first-order valence-corrected chi connectivity index (χ1v) is 9.32. The van der Waals surface area contributed by atoms with Crippen molar-refractivity contribution < 1.29 is 9.59 Å². The minimum Gasteiger partial charge on any atom is -0.354 e. The fourth-order valence-corrected chi connectivity index (χ4v) is 3.78. The predicted molar refractivity (Wildman–Crippen MR) is 106 cm³/mol. The third-order valence-corrected chi connectivity index (χ3v) is 5.52. The Morgan fingerprint density at radius 2 is 1.92 bits per heavy atom. The van der Waals surface area contributed by atoms with E-state index in [1.54, 1.807) is 7.05 Å². The van der Waals surface area contributed by atoms with Gasteiger partial charge in [-0.2, -0.15) is 0 Å². The van der Waals surface area contributed by atoms with Crippen LogP contribution in [0.2, 0.25) is 0 Å². The first kappa shape index (κ1) is 20.4. The highest BCUT2D eigenvalue weighted by Gasteiger charge is 2.40. The summed E-state index contributed by atoms with van der Waals surface area (Å²) in [6.07, 6.45) is 9.39. The van der Waals surface area contributed by atoms with Crippen LogP contribution in [0.15, 0.2) is 12.3 Å². The number of fused-ring (bicyclic) bond motifs is 1. The summed E-state index contributed by atoms with van der Waals surface area (Å²) in [6, 6.07) is -0.972. The maximum absolute atomic E-state index is 13.0. The molecule has 1 heterocycles. The summed E-state index contributed by atoms with van der Waals surface area (Å²) in [5, 5.41) is 6.10. The molecule has 0 unspecified atom stereocenters. The van der Waals surface area contributed by atoms with E-state index in [9.17, 15) is 9.59 Å². The molecule has 1 aliphatic carbocycles. The first-order valence-electron chi connectivity index (χ1n) is 9.32. The van der Waals surface area contributed by atoms with Crippen LogP contribution in [-0.2, 0) is 28.5 Å². The van der Waals surface area contributed by atoms with Crippen LogP contribution in [0.3, 0.4) is 0 Å². The minimum atomic E-state index is -0.522. The van der Waals surface area contributed by atoms with Crippen LogP contribution >= 0.6 is 0 Å². The fraction of sp³-hybridized carbons (Fsp3) is 0.619. The highest BCUT2D eigenvalue weighted by Crippen LogP contribution is 2.36. The maximum atomic E-state index is 13.0. The van der Waals surface area contributed by atoms with E-state index in [2.05, 4.69) is 54.4 Å². The van der Waals surface area contributed by atoms with E-state index >= 15 is 0 Å². The number of allylic oxidation sites excluding steroid dienone is 1. The highest BCUT2D eigenvalue weighted by molar-refractivity contribution is 5.86. The molecule has 1 aromatic rings. The van der Waals surface area contributed by atoms with Crippen LogP contribution in [0, 0.1) is 5.41 Å². The number of aryl methyl sites for hydroxylation is 1. The molecule has 1 amide bonds. The molecule has 2 N–H and O–H groups in total. The summed E-state index contributed by atoms with van der Waals surface area (Å²) in [7, 11) is 3.86. The third kappa shape index (κ3) is 3.78. The lowest BCUT2D eigenvalue weighted by atomic mass is 9.75. The summed E-state index contributed by atoms with van der Waals surface area (Å²) >= 11 is 0. The molecule has 0 saturated heterocycles. The molecule has 5 heteroatoms. The van der Waals surface area contributed by atoms with E-state index in [4.69, 9.17) is 0 Å². The Hall–Kier alpha value is -1.88. The van der Waals surface area contributed by atoms with Crippen molar-refractivity contribution in [2.24, 2.45) is 12.5 Å². The molecular weight excluding hydrogens is 326 g/mol. The van der Waals surface area contributed by atoms with Gasteiger partial charge in [-0.05, 0) is 36.4 Å². The van der Waals surface area contributed by atoms with E-state index in [1.807, 2.05) is 20.8 Å². The maximum Gasteiger partial charge on any atom is 0.238 e. The number of nitrogens with one attached hydrogen (secondary N) is 2. The molecule has 0 aliphatic heterocycles. The molecule has 1 aliphatic rings. The number of nitrogens with zero attached hydrogens (tertiary/aromatic N) is 1. The van der Waals surface area contributed by atoms with Crippen LogP contribution in [0.4, 0.5) is 0 Å². The number of amides is 1. The summed E-state index contributed by atoms with van der Waals surface area (Å²) < 4.78 is 2.17. The molecule has 0 bridgehead atoms.